The minimum atomic E-state index is -0.408. The van der Waals surface area contributed by atoms with E-state index in [1.807, 2.05) is 32.9 Å². The molecular formula is C17H26N2O2. The molecule has 0 saturated carbocycles. The third-order valence-corrected chi connectivity index (χ3v) is 3.76. The number of carbonyl (C=O) groups excluding carboxylic acids is 1. The molecule has 1 aromatic carbocycles. The van der Waals surface area contributed by atoms with E-state index in [0.29, 0.717) is 0 Å². The number of anilines is 2. The first kappa shape index (κ1) is 15.7. The number of nitrogens with zero attached hydrogens (tertiary/aromatic N) is 1. The Morgan fingerprint density at radius 2 is 1.90 bits per heavy atom. The number of carbonyl (C=O) groups is 1. The quantitative estimate of drug-likeness (QED) is 0.671. The van der Waals surface area contributed by atoms with Crippen molar-refractivity contribution in [2.75, 3.05) is 23.7 Å². The van der Waals surface area contributed by atoms with Gasteiger partial charge in [-0.05, 0) is 58.2 Å². The van der Waals surface area contributed by atoms with Crippen molar-refractivity contribution in [1.29, 1.82) is 0 Å². The summed E-state index contributed by atoms with van der Waals surface area (Å²) in [5, 5.41) is 0. The molecule has 0 atom stereocenters. The molecule has 21 heavy (non-hydrogen) atoms. The van der Waals surface area contributed by atoms with Crippen LogP contribution in [0, 0.1) is 12.8 Å². The van der Waals surface area contributed by atoms with Crippen molar-refractivity contribution in [1.82, 2.24) is 0 Å². The van der Waals surface area contributed by atoms with Crippen LogP contribution in [-0.2, 0) is 9.53 Å². The van der Waals surface area contributed by atoms with Crippen molar-refractivity contribution in [3.63, 3.8) is 0 Å². The van der Waals surface area contributed by atoms with E-state index in [1.54, 1.807) is 0 Å². The van der Waals surface area contributed by atoms with Gasteiger partial charge in [0.15, 0.2) is 0 Å². The maximum absolute atomic E-state index is 12.1. The van der Waals surface area contributed by atoms with Crippen molar-refractivity contribution in [2.45, 2.75) is 46.1 Å². The predicted octanol–water partition coefficient (Wildman–Crippen LogP) is 3.14. The number of ether oxygens (including phenoxy) is 1. The van der Waals surface area contributed by atoms with Gasteiger partial charge in [0.05, 0.1) is 17.3 Å². The van der Waals surface area contributed by atoms with E-state index in [0.717, 1.165) is 37.3 Å². The molecule has 4 nitrogen and oxygen atoms in total. The third kappa shape index (κ3) is 4.13. The molecule has 116 valence electrons. The second-order valence-corrected chi connectivity index (χ2v) is 6.86. The van der Waals surface area contributed by atoms with Gasteiger partial charge in [-0.15, -0.1) is 0 Å². The zero-order chi connectivity index (χ0) is 15.6. The number of aryl methyl sites for hydroxylation is 1. The maximum Gasteiger partial charge on any atom is 0.309 e. The van der Waals surface area contributed by atoms with Gasteiger partial charge in [0.25, 0.3) is 0 Å². The van der Waals surface area contributed by atoms with Crippen LogP contribution in [0.4, 0.5) is 11.4 Å². The lowest BCUT2D eigenvalue weighted by Gasteiger charge is -2.34. The van der Waals surface area contributed by atoms with Crippen LogP contribution < -0.4 is 10.6 Å². The smallest absolute Gasteiger partial charge is 0.309 e. The first-order chi connectivity index (χ1) is 9.76. The second-order valence-electron chi connectivity index (χ2n) is 6.86. The van der Waals surface area contributed by atoms with Crippen LogP contribution in [0.25, 0.3) is 0 Å². The zero-order valence-corrected chi connectivity index (χ0v) is 13.5. The minimum absolute atomic E-state index is 0.00603. The molecule has 0 spiro atoms. The zero-order valence-electron chi connectivity index (χ0n) is 13.5. The van der Waals surface area contributed by atoms with Crippen LogP contribution in [0.2, 0.25) is 0 Å². The Balaban J connectivity index is 1.97. The summed E-state index contributed by atoms with van der Waals surface area (Å²) < 4.78 is 5.48. The van der Waals surface area contributed by atoms with Crippen LogP contribution in [-0.4, -0.2) is 24.7 Å². The van der Waals surface area contributed by atoms with Crippen molar-refractivity contribution in [2.24, 2.45) is 5.92 Å². The SMILES string of the molecule is Cc1ccc(N)c(N2CCC(C(=O)OC(C)(C)C)CC2)c1. The molecule has 1 saturated heterocycles. The highest BCUT2D eigenvalue weighted by Gasteiger charge is 2.29. The fraction of sp³-hybridized carbons (Fsp3) is 0.588. The van der Waals surface area contributed by atoms with Crippen LogP contribution in [0.5, 0.6) is 0 Å². The first-order valence-electron chi connectivity index (χ1n) is 7.60. The van der Waals surface area contributed by atoms with Gasteiger partial charge in [0.2, 0.25) is 0 Å². The van der Waals surface area contributed by atoms with Crippen molar-refractivity contribution < 1.29 is 9.53 Å². The van der Waals surface area contributed by atoms with Gasteiger partial charge in [0.1, 0.15) is 5.60 Å². The highest BCUT2D eigenvalue weighted by molar-refractivity contribution is 5.74. The normalized spacial score (nSPS) is 16.9. The number of rotatable bonds is 2. The molecule has 0 amide bonds. The highest BCUT2D eigenvalue weighted by Crippen LogP contribution is 2.29. The Kier molecular flexibility index (Phi) is 4.45. The molecule has 1 aliphatic heterocycles. The van der Waals surface area contributed by atoms with Crippen LogP contribution in [0.15, 0.2) is 18.2 Å². The lowest BCUT2D eigenvalue weighted by atomic mass is 9.96. The average Bonchev–Trinajstić information content (AvgIpc) is 2.40. The average molecular weight is 290 g/mol. The maximum atomic E-state index is 12.1. The van der Waals surface area contributed by atoms with E-state index < -0.39 is 5.60 Å². The summed E-state index contributed by atoms with van der Waals surface area (Å²) >= 11 is 0. The Bertz CT molecular complexity index is 512. The molecule has 0 radical (unpaired) electrons. The van der Waals surface area contributed by atoms with Crippen molar-refractivity contribution >= 4 is 17.3 Å². The molecule has 2 rings (SSSR count). The van der Waals surface area contributed by atoms with E-state index in [1.165, 1.54) is 5.56 Å². The van der Waals surface area contributed by atoms with Gasteiger partial charge >= 0.3 is 5.97 Å². The summed E-state index contributed by atoms with van der Waals surface area (Å²) in [5.41, 5.74) is 8.74. The molecule has 0 aromatic heterocycles. The minimum Gasteiger partial charge on any atom is -0.460 e. The van der Waals surface area contributed by atoms with E-state index in [2.05, 4.69) is 17.9 Å². The molecule has 1 aliphatic rings. The Morgan fingerprint density at radius 3 is 2.48 bits per heavy atom. The van der Waals surface area contributed by atoms with Crippen molar-refractivity contribution in [3.05, 3.63) is 23.8 Å². The molecular weight excluding hydrogens is 264 g/mol. The second kappa shape index (κ2) is 5.96. The van der Waals surface area contributed by atoms with Crippen LogP contribution in [0.1, 0.15) is 39.2 Å². The number of piperidine rings is 1. The van der Waals surface area contributed by atoms with E-state index in [9.17, 15) is 4.79 Å². The van der Waals surface area contributed by atoms with E-state index in [-0.39, 0.29) is 11.9 Å². The van der Waals surface area contributed by atoms with Gasteiger partial charge in [-0.3, -0.25) is 4.79 Å². The summed E-state index contributed by atoms with van der Waals surface area (Å²) in [6, 6.07) is 6.08. The number of nitrogens with two attached hydrogens (primary N) is 1. The predicted molar refractivity (Wildman–Crippen MR) is 86.4 cm³/mol. The monoisotopic (exact) mass is 290 g/mol. The fourth-order valence-electron chi connectivity index (χ4n) is 2.67. The van der Waals surface area contributed by atoms with Crippen molar-refractivity contribution in [3.8, 4) is 0 Å². The van der Waals surface area contributed by atoms with E-state index in [4.69, 9.17) is 10.5 Å². The molecule has 1 fully saturated rings. The summed E-state index contributed by atoms with van der Waals surface area (Å²) in [7, 11) is 0. The molecule has 0 bridgehead atoms. The summed E-state index contributed by atoms with van der Waals surface area (Å²) in [5.74, 6) is -0.0640. The van der Waals surface area contributed by atoms with Crippen LogP contribution >= 0.6 is 0 Å². The summed E-state index contributed by atoms with van der Waals surface area (Å²) in [6.45, 7) is 9.49. The number of benzene rings is 1. The van der Waals surface area contributed by atoms with Gasteiger partial charge in [-0.25, -0.2) is 0 Å². The fourth-order valence-corrected chi connectivity index (χ4v) is 2.67. The Labute approximate surface area is 127 Å². The number of nitrogen functional groups attached to an aromatic ring is 1. The van der Waals surface area contributed by atoms with Gasteiger partial charge in [-0.1, -0.05) is 6.07 Å². The summed E-state index contributed by atoms with van der Waals surface area (Å²) in [4.78, 5) is 14.4. The molecule has 1 aromatic rings. The third-order valence-electron chi connectivity index (χ3n) is 3.76. The van der Waals surface area contributed by atoms with Crippen LogP contribution in [0.3, 0.4) is 0 Å². The lowest BCUT2D eigenvalue weighted by molar-refractivity contribution is -0.160. The van der Waals surface area contributed by atoms with Gasteiger partial charge in [-0.2, -0.15) is 0 Å². The molecule has 1 heterocycles. The largest absolute Gasteiger partial charge is 0.460 e. The first-order valence-corrected chi connectivity index (χ1v) is 7.60. The Morgan fingerprint density at radius 1 is 1.29 bits per heavy atom. The molecule has 0 unspecified atom stereocenters. The lowest BCUT2D eigenvalue weighted by Crippen LogP contribution is -2.39. The number of esters is 1. The van der Waals surface area contributed by atoms with Gasteiger partial charge in [0, 0.05) is 13.1 Å². The molecule has 0 aliphatic carbocycles. The van der Waals surface area contributed by atoms with E-state index >= 15 is 0 Å². The number of hydrogen-bond acceptors (Lipinski definition) is 4. The molecule has 4 heteroatoms. The molecule has 2 N–H and O–H groups in total. The number of hydrogen-bond donors (Lipinski definition) is 1. The standard InChI is InChI=1S/C17H26N2O2/c1-12-5-6-14(18)15(11-12)19-9-7-13(8-10-19)16(20)21-17(2,3)4/h5-6,11,13H,7-10,18H2,1-4H3. The van der Waals surface area contributed by atoms with Gasteiger partial charge < -0.3 is 15.4 Å². The topological polar surface area (TPSA) is 55.6 Å². The highest BCUT2D eigenvalue weighted by atomic mass is 16.6. The summed E-state index contributed by atoms with van der Waals surface area (Å²) in [6.07, 6.45) is 1.64. The Hall–Kier alpha value is -1.71.